The number of unbranched alkanes of at least 4 members (excludes halogenated alkanes) is 20. The highest BCUT2D eigenvalue weighted by molar-refractivity contribution is 5.71. The maximum Gasteiger partial charge on any atom is 0.407 e. The van der Waals surface area contributed by atoms with Gasteiger partial charge in [-0.1, -0.05) is 142 Å². The van der Waals surface area contributed by atoms with Crippen molar-refractivity contribution in [2.45, 2.75) is 187 Å². The fourth-order valence-electron chi connectivity index (χ4n) is 6.10. The molecule has 342 valence electrons. The SMILES string of the molecule is CCCCCCCCCCCCCC(=O)OCC(COC(=O)NCCOCCOCCCC(=O)OCCOCCOC)OC(=O)CCCCCCCCCCCCC. The Bertz CT molecular complexity index is 937. The second-order valence-corrected chi connectivity index (χ2v) is 15.0. The first-order valence-corrected chi connectivity index (χ1v) is 23.1. The minimum absolute atomic E-state index is 0.164. The zero-order chi connectivity index (χ0) is 42.4. The maximum atomic E-state index is 12.7. The summed E-state index contributed by atoms with van der Waals surface area (Å²) in [7, 11) is 1.59. The Hall–Kier alpha value is -2.48. The number of carbonyl (C=O) groups is 4. The number of methoxy groups -OCH3 is 1. The third-order valence-corrected chi connectivity index (χ3v) is 9.58. The zero-order valence-corrected chi connectivity index (χ0v) is 37.1. The fraction of sp³-hybridized carbons (Fsp3) is 0.911. The molecule has 13 heteroatoms. The van der Waals surface area contributed by atoms with Gasteiger partial charge in [0.05, 0.1) is 39.6 Å². The van der Waals surface area contributed by atoms with Gasteiger partial charge < -0.3 is 43.2 Å². The van der Waals surface area contributed by atoms with Gasteiger partial charge in [0.1, 0.15) is 19.8 Å². The molecule has 1 unspecified atom stereocenters. The van der Waals surface area contributed by atoms with Crippen LogP contribution in [0.15, 0.2) is 0 Å². The lowest BCUT2D eigenvalue weighted by Gasteiger charge is -2.18. The molecular weight excluding hydrogens is 746 g/mol. The van der Waals surface area contributed by atoms with E-state index in [4.69, 9.17) is 37.9 Å². The molecule has 1 atom stereocenters. The van der Waals surface area contributed by atoms with Crippen LogP contribution in [0.2, 0.25) is 0 Å². The van der Waals surface area contributed by atoms with Crippen molar-refractivity contribution in [3.63, 3.8) is 0 Å². The van der Waals surface area contributed by atoms with Crippen molar-refractivity contribution in [3.8, 4) is 0 Å². The van der Waals surface area contributed by atoms with Gasteiger partial charge in [0.2, 0.25) is 0 Å². The molecule has 0 aliphatic rings. The summed E-state index contributed by atoms with van der Waals surface area (Å²) in [5, 5.41) is 2.61. The van der Waals surface area contributed by atoms with Gasteiger partial charge in [0.15, 0.2) is 6.10 Å². The van der Waals surface area contributed by atoms with Gasteiger partial charge in [-0.2, -0.15) is 0 Å². The van der Waals surface area contributed by atoms with Gasteiger partial charge in [-0.15, -0.1) is 0 Å². The Morgan fingerprint density at radius 1 is 0.414 bits per heavy atom. The molecule has 0 aliphatic carbocycles. The maximum absolute atomic E-state index is 12.7. The molecule has 0 aromatic rings. The monoisotopic (exact) mass is 832 g/mol. The average molecular weight is 832 g/mol. The molecule has 0 saturated carbocycles. The Kier molecular flexibility index (Phi) is 43.7. The predicted molar refractivity (Wildman–Crippen MR) is 227 cm³/mol. The van der Waals surface area contributed by atoms with E-state index in [0.717, 1.165) is 38.5 Å². The third kappa shape index (κ3) is 43.1. The van der Waals surface area contributed by atoms with Gasteiger partial charge in [-0.25, -0.2) is 4.79 Å². The van der Waals surface area contributed by atoms with E-state index in [9.17, 15) is 19.2 Å². The molecule has 1 N–H and O–H groups in total. The number of carbonyl (C=O) groups excluding carboxylic acids is 4. The molecule has 0 radical (unpaired) electrons. The molecule has 0 fully saturated rings. The minimum atomic E-state index is -0.886. The fourth-order valence-corrected chi connectivity index (χ4v) is 6.10. The van der Waals surface area contributed by atoms with Crippen molar-refractivity contribution in [2.75, 3.05) is 79.7 Å². The van der Waals surface area contributed by atoms with Crippen LogP contribution in [-0.4, -0.2) is 110 Å². The lowest BCUT2D eigenvalue weighted by atomic mass is 10.1. The standard InChI is InChI=1S/C45H85NO12/c1-4-6-8-10-12-14-16-18-20-22-24-27-43(48)56-39-41(58-44(49)28-25-23-21-19-17-15-13-11-9-7-5-2)40-57-45(50)46-30-32-53-36-35-52-31-26-29-42(47)55-38-37-54-34-33-51-3/h41H,4-40H2,1-3H3,(H,46,50). The Morgan fingerprint density at radius 2 is 0.828 bits per heavy atom. The predicted octanol–water partition coefficient (Wildman–Crippen LogP) is 9.59. The van der Waals surface area contributed by atoms with Crippen LogP contribution >= 0.6 is 0 Å². The summed E-state index contributed by atoms with van der Waals surface area (Å²) < 4.78 is 42.5. The highest BCUT2D eigenvalue weighted by Crippen LogP contribution is 2.14. The van der Waals surface area contributed by atoms with Crippen LogP contribution in [0, 0.1) is 0 Å². The molecule has 0 aliphatic heterocycles. The summed E-state index contributed by atoms with van der Waals surface area (Å²) in [6.45, 7) is 7.09. The van der Waals surface area contributed by atoms with E-state index in [2.05, 4.69) is 19.2 Å². The quantitative estimate of drug-likeness (QED) is 0.0353. The van der Waals surface area contributed by atoms with Crippen molar-refractivity contribution in [2.24, 2.45) is 0 Å². The molecule has 0 aromatic heterocycles. The number of ether oxygens (including phenoxy) is 8. The second-order valence-electron chi connectivity index (χ2n) is 15.0. The number of hydrogen-bond acceptors (Lipinski definition) is 12. The van der Waals surface area contributed by atoms with Crippen LogP contribution in [-0.2, 0) is 52.3 Å². The molecule has 0 rings (SSSR count). The summed E-state index contributed by atoms with van der Waals surface area (Å²) >= 11 is 0. The van der Waals surface area contributed by atoms with Gasteiger partial charge >= 0.3 is 24.0 Å². The molecule has 0 saturated heterocycles. The molecule has 0 aromatic carbocycles. The normalized spacial score (nSPS) is 11.6. The van der Waals surface area contributed by atoms with E-state index in [1.165, 1.54) is 103 Å². The smallest absolute Gasteiger partial charge is 0.407 e. The number of nitrogens with one attached hydrogen (secondary N) is 1. The Morgan fingerprint density at radius 3 is 1.38 bits per heavy atom. The summed E-state index contributed by atoms with van der Waals surface area (Å²) in [5.74, 6) is -1.03. The van der Waals surface area contributed by atoms with E-state index >= 15 is 0 Å². The van der Waals surface area contributed by atoms with Crippen molar-refractivity contribution in [1.82, 2.24) is 5.32 Å². The number of alkyl carbamates (subject to hydrolysis) is 1. The number of hydrogen-bond donors (Lipinski definition) is 1. The minimum Gasteiger partial charge on any atom is -0.463 e. The molecular formula is C45H85NO12. The van der Waals surface area contributed by atoms with Crippen molar-refractivity contribution in [3.05, 3.63) is 0 Å². The van der Waals surface area contributed by atoms with Crippen molar-refractivity contribution in [1.29, 1.82) is 0 Å². The van der Waals surface area contributed by atoms with Crippen LogP contribution in [0.25, 0.3) is 0 Å². The van der Waals surface area contributed by atoms with Crippen molar-refractivity contribution >= 4 is 24.0 Å². The topological polar surface area (TPSA) is 154 Å². The number of rotatable bonds is 45. The molecule has 0 bridgehead atoms. The van der Waals surface area contributed by atoms with E-state index in [1.54, 1.807) is 7.11 Å². The van der Waals surface area contributed by atoms with Gasteiger partial charge in [0, 0.05) is 39.5 Å². The molecule has 0 spiro atoms. The van der Waals surface area contributed by atoms with Crippen LogP contribution < -0.4 is 5.32 Å². The lowest BCUT2D eigenvalue weighted by molar-refractivity contribution is -0.161. The first-order chi connectivity index (χ1) is 28.4. The molecule has 13 nitrogen and oxygen atoms in total. The summed E-state index contributed by atoms with van der Waals surface area (Å²) in [6, 6.07) is 0. The summed E-state index contributed by atoms with van der Waals surface area (Å²) in [6.07, 6.45) is 26.0. The van der Waals surface area contributed by atoms with Crippen LogP contribution in [0.5, 0.6) is 0 Å². The van der Waals surface area contributed by atoms with Crippen LogP contribution in [0.4, 0.5) is 4.79 Å². The number of amides is 1. The molecule has 58 heavy (non-hydrogen) atoms. The first kappa shape index (κ1) is 55.5. The third-order valence-electron chi connectivity index (χ3n) is 9.58. The van der Waals surface area contributed by atoms with E-state index < -0.39 is 12.2 Å². The average Bonchev–Trinajstić information content (AvgIpc) is 3.21. The van der Waals surface area contributed by atoms with Gasteiger partial charge in [0.25, 0.3) is 0 Å². The second kappa shape index (κ2) is 45.6. The first-order valence-electron chi connectivity index (χ1n) is 23.1. The van der Waals surface area contributed by atoms with E-state index in [1.807, 2.05) is 0 Å². The summed E-state index contributed by atoms with van der Waals surface area (Å²) in [5.41, 5.74) is 0. The van der Waals surface area contributed by atoms with Gasteiger partial charge in [-0.3, -0.25) is 14.4 Å². The lowest BCUT2D eigenvalue weighted by Crippen LogP contribution is -2.34. The van der Waals surface area contributed by atoms with E-state index in [0.29, 0.717) is 52.5 Å². The largest absolute Gasteiger partial charge is 0.463 e. The molecule has 0 heterocycles. The highest BCUT2D eigenvalue weighted by atomic mass is 16.6. The Balaban J connectivity index is 4.30. The molecule has 1 amide bonds. The van der Waals surface area contributed by atoms with Crippen LogP contribution in [0.1, 0.15) is 181 Å². The Labute approximate surface area is 352 Å². The van der Waals surface area contributed by atoms with E-state index in [-0.39, 0.29) is 63.7 Å². The highest BCUT2D eigenvalue weighted by Gasteiger charge is 2.19. The van der Waals surface area contributed by atoms with Crippen molar-refractivity contribution < 1.29 is 57.1 Å². The summed E-state index contributed by atoms with van der Waals surface area (Å²) in [4.78, 5) is 49.2. The number of esters is 3. The van der Waals surface area contributed by atoms with Gasteiger partial charge in [-0.05, 0) is 19.3 Å². The van der Waals surface area contributed by atoms with Crippen LogP contribution in [0.3, 0.4) is 0 Å². The zero-order valence-electron chi connectivity index (χ0n) is 37.1.